The van der Waals surface area contributed by atoms with E-state index in [1.165, 1.54) is 12.4 Å². The minimum absolute atomic E-state index is 0.0916. The van der Waals surface area contributed by atoms with Crippen molar-refractivity contribution in [3.63, 3.8) is 0 Å². The van der Waals surface area contributed by atoms with Gasteiger partial charge in [-0.25, -0.2) is 25.0 Å². The fourth-order valence-corrected chi connectivity index (χ4v) is 0.654. The number of hydrogen-bond donors (Lipinski definition) is 3. The van der Waals surface area contributed by atoms with E-state index in [-0.39, 0.29) is 5.95 Å². The Morgan fingerprint density at radius 3 is 2.67 bits per heavy atom. The van der Waals surface area contributed by atoms with Crippen LogP contribution in [-0.2, 0) is 9.63 Å². The number of carbonyl (C=O) groups is 2. The van der Waals surface area contributed by atoms with Gasteiger partial charge in [0.1, 0.15) is 0 Å². The van der Waals surface area contributed by atoms with Crippen LogP contribution in [0.3, 0.4) is 0 Å². The maximum atomic E-state index is 11.0. The number of hydrogen-bond acceptors (Lipinski definition) is 5. The quantitative estimate of drug-likeness (QED) is 0.586. The molecule has 0 saturated heterocycles. The molecule has 0 aliphatic rings. The number of rotatable bonds is 4. The van der Waals surface area contributed by atoms with Gasteiger partial charge in [0.2, 0.25) is 5.95 Å². The summed E-state index contributed by atoms with van der Waals surface area (Å²) < 4.78 is 0. The minimum Gasteiger partial charge on any atom is -0.479 e. The highest BCUT2D eigenvalue weighted by atomic mass is 16.7. The van der Waals surface area contributed by atoms with Gasteiger partial charge in [0.05, 0.1) is 0 Å². The monoisotopic (exact) mass is 212 g/mol. The summed E-state index contributed by atoms with van der Waals surface area (Å²) in [5.74, 6) is -1.10. The maximum Gasteiger partial charge on any atom is 0.345 e. The molecule has 0 saturated carbocycles. The van der Waals surface area contributed by atoms with E-state index in [1.807, 2.05) is 5.48 Å². The molecule has 1 aromatic rings. The summed E-state index contributed by atoms with van der Waals surface area (Å²) in [7, 11) is 0. The molecule has 0 radical (unpaired) electrons. The predicted molar refractivity (Wildman–Crippen MR) is 47.8 cm³/mol. The lowest BCUT2D eigenvalue weighted by atomic mass is 10.7. The molecule has 1 aromatic heterocycles. The van der Waals surface area contributed by atoms with Gasteiger partial charge in [0.15, 0.2) is 6.61 Å². The van der Waals surface area contributed by atoms with E-state index < -0.39 is 18.6 Å². The topological polar surface area (TPSA) is 113 Å². The van der Waals surface area contributed by atoms with E-state index >= 15 is 0 Å². The van der Waals surface area contributed by atoms with Crippen LogP contribution in [0.5, 0.6) is 0 Å². The highest BCUT2D eigenvalue weighted by molar-refractivity contribution is 5.86. The van der Waals surface area contributed by atoms with Crippen LogP contribution in [0, 0.1) is 0 Å². The molecule has 0 aliphatic carbocycles. The second-order valence-electron chi connectivity index (χ2n) is 2.31. The highest BCUT2D eigenvalue weighted by Gasteiger charge is 2.03. The number of anilines is 1. The molecule has 80 valence electrons. The van der Waals surface area contributed by atoms with Gasteiger partial charge in [-0.2, -0.15) is 0 Å². The summed E-state index contributed by atoms with van der Waals surface area (Å²) in [5, 5.41) is 10.4. The van der Waals surface area contributed by atoms with Gasteiger partial charge in [0.25, 0.3) is 0 Å². The Morgan fingerprint density at radius 2 is 2.07 bits per heavy atom. The summed E-state index contributed by atoms with van der Waals surface area (Å²) in [6, 6.07) is 0.840. The summed E-state index contributed by atoms with van der Waals surface area (Å²) >= 11 is 0. The van der Waals surface area contributed by atoms with Crippen molar-refractivity contribution in [1.29, 1.82) is 0 Å². The van der Waals surface area contributed by atoms with Crippen LogP contribution in [0.25, 0.3) is 0 Å². The third-order valence-electron chi connectivity index (χ3n) is 1.15. The highest BCUT2D eigenvalue weighted by Crippen LogP contribution is 1.92. The Kier molecular flexibility index (Phi) is 3.98. The van der Waals surface area contributed by atoms with Gasteiger partial charge >= 0.3 is 12.0 Å². The third kappa shape index (κ3) is 4.52. The van der Waals surface area contributed by atoms with E-state index in [0.717, 1.165) is 0 Å². The largest absolute Gasteiger partial charge is 0.479 e. The molecule has 2 amide bonds. The molecule has 0 aliphatic heterocycles. The molecule has 8 nitrogen and oxygen atoms in total. The van der Waals surface area contributed by atoms with Crippen LogP contribution < -0.4 is 10.8 Å². The number of aromatic nitrogens is 2. The van der Waals surface area contributed by atoms with Gasteiger partial charge < -0.3 is 5.11 Å². The fourth-order valence-electron chi connectivity index (χ4n) is 0.654. The number of carbonyl (C=O) groups excluding carboxylic acids is 1. The van der Waals surface area contributed by atoms with Gasteiger partial charge in [-0.05, 0) is 6.07 Å². The van der Waals surface area contributed by atoms with Crippen molar-refractivity contribution >= 4 is 17.9 Å². The van der Waals surface area contributed by atoms with Gasteiger partial charge in [-0.1, -0.05) is 0 Å². The summed E-state index contributed by atoms with van der Waals surface area (Å²) in [4.78, 5) is 32.7. The summed E-state index contributed by atoms with van der Waals surface area (Å²) in [6.07, 6.45) is 2.89. The molecule has 0 fully saturated rings. The lowest BCUT2D eigenvalue weighted by Crippen LogP contribution is -2.31. The number of carboxylic acids is 1. The molecule has 1 rings (SSSR count). The molecular formula is C7H8N4O4. The summed E-state index contributed by atoms with van der Waals surface area (Å²) in [5.41, 5.74) is 1.85. The van der Waals surface area contributed by atoms with Gasteiger partial charge in [-0.3, -0.25) is 10.2 Å². The molecular weight excluding hydrogens is 204 g/mol. The van der Waals surface area contributed by atoms with Crippen LogP contribution in [0.2, 0.25) is 0 Å². The average molecular weight is 212 g/mol. The maximum absolute atomic E-state index is 11.0. The van der Waals surface area contributed by atoms with Gasteiger partial charge in [-0.15, -0.1) is 0 Å². The number of urea groups is 1. The standard InChI is InChI=1S/C7H8N4O4/c12-5(13)4-15-11-7(14)10-6-8-2-1-3-9-6/h1-3H,4H2,(H,12,13)(H2,8,9,10,11,14). The number of aliphatic carboxylic acids is 1. The van der Waals surface area contributed by atoms with Crippen molar-refractivity contribution in [2.24, 2.45) is 0 Å². The number of carboxylic acid groups (broad SMARTS) is 1. The van der Waals surface area contributed by atoms with E-state index in [0.29, 0.717) is 0 Å². The number of hydroxylamine groups is 1. The smallest absolute Gasteiger partial charge is 0.345 e. The lowest BCUT2D eigenvalue weighted by molar-refractivity contribution is -0.143. The third-order valence-corrected chi connectivity index (χ3v) is 1.15. The first-order valence-corrected chi connectivity index (χ1v) is 3.86. The van der Waals surface area contributed by atoms with Crippen molar-refractivity contribution in [2.45, 2.75) is 0 Å². The first-order chi connectivity index (χ1) is 7.18. The molecule has 1 heterocycles. The van der Waals surface area contributed by atoms with Crippen molar-refractivity contribution in [3.8, 4) is 0 Å². The van der Waals surface area contributed by atoms with Crippen LogP contribution in [0.1, 0.15) is 0 Å². The van der Waals surface area contributed by atoms with E-state index in [2.05, 4.69) is 20.1 Å². The van der Waals surface area contributed by atoms with Crippen molar-refractivity contribution in [3.05, 3.63) is 18.5 Å². The second kappa shape index (κ2) is 5.50. The minimum atomic E-state index is -1.19. The van der Waals surface area contributed by atoms with Crippen LogP contribution in [-0.4, -0.2) is 33.7 Å². The summed E-state index contributed by atoms with van der Waals surface area (Å²) in [6.45, 7) is -0.622. The Bertz CT molecular complexity index is 342. The molecule has 15 heavy (non-hydrogen) atoms. The number of nitrogens with one attached hydrogen (secondary N) is 2. The van der Waals surface area contributed by atoms with Gasteiger partial charge in [0, 0.05) is 12.4 Å². The molecule has 0 aromatic carbocycles. The Balaban J connectivity index is 2.28. The molecule has 0 unspecified atom stereocenters. The molecule has 3 N–H and O–H groups in total. The van der Waals surface area contributed by atoms with E-state index in [4.69, 9.17) is 5.11 Å². The number of nitrogens with zero attached hydrogens (tertiary/aromatic N) is 2. The zero-order valence-electron chi connectivity index (χ0n) is 7.51. The molecule has 0 bridgehead atoms. The zero-order valence-corrected chi connectivity index (χ0v) is 7.51. The van der Waals surface area contributed by atoms with Crippen LogP contribution >= 0.6 is 0 Å². The Hall–Kier alpha value is -2.22. The van der Waals surface area contributed by atoms with E-state index in [9.17, 15) is 9.59 Å². The van der Waals surface area contributed by atoms with Crippen molar-refractivity contribution in [1.82, 2.24) is 15.4 Å². The zero-order chi connectivity index (χ0) is 11.1. The first kappa shape index (κ1) is 10.9. The van der Waals surface area contributed by atoms with E-state index in [1.54, 1.807) is 6.07 Å². The van der Waals surface area contributed by atoms with Crippen LogP contribution in [0.15, 0.2) is 18.5 Å². The molecule has 8 heteroatoms. The second-order valence-corrected chi connectivity index (χ2v) is 2.31. The lowest BCUT2D eigenvalue weighted by Gasteiger charge is -2.04. The molecule has 0 spiro atoms. The normalized spacial score (nSPS) is 9.33. The first-order valence-electron chi connectivity index (χ1n) is 3.86. The van der Waals surface area contributed by atoms with Crippen LogP contribution in [0.4, 0.5) is 10.7 Å². The average Bonchev–Trinajstić information content (AvgIpc) is 2.18. The van der Waals surface area contributed by atoms with Crippen molar-refractivity contribution in [2.75, 3.05) is 11.9 Å². The Morgan fingerprint density at radius 1 is 1.40 bits per heavy atom. The van der Waals surface area contributed by atoms with Crippen molar-refractivity contribution < 1.29 is 19.5 Å². The number of amides is 2. The fraction of sp³-hybridized carbons (Fsp3) is 0.143. The molecule has 0 atom stereocenters. The Labute approximate surface area is 84.3 Å². The SMILES string of the molecule is O=C(O)CONC(=O)Nc1ncccn1. The predicted octanol–water partition coefficient (Wildman–Crippen LogP) is -0.386.